The van der Waals surface area contributed by atoms with Crippen molar-refractivity contribution in [3.05, 3.63) is 74.8 Å². The zero-order valence-electron chi connectivity index (χ0n) is 9.99. The minimum absolute atomic E-state index is 0.0725. The zero-order chi connectivity index (χ0) is 13.7. The van der Waals surface area contributed by atoms with E-state index in [1.807, 2.05) is 24.3 Å². The third kappa shape index (κ3) is 3.63. The first-order valence-electron chi connectivity index (χ1n) is 5.64. The molecular formula is C14H11ClN2O2. The number of non-ortho nitro benzene ring substituents is 1. The molecular weight excluding hydrogens is 264 g/mol. The van der Waals surface area contributed by atoms with Gasteiger partial charge in [-0.3, -0.25) is 15.1 Å². The summed E-state index contributed by atoms with van der Waals surface area (Å²) in [6, 6.07) is 13.7. The van der Waals surface area contributed by atoms with Gasteiger partial charge in [-0.05, 0) is 29.3 Å². The van der Waals surface area contributed by atoms with Crippen LogP contribution in [0.15, 0.2) is 53.5 Å². The van der Waals surface area contributed by atoms with E-state index in [-0.39, 0.29) is 5.69 Å². The van der Waals surface area contributed by atoms with Crippen molar-refractivity contribution in [2.24, 2.45) is 4.99 Å². The molecule has 2 aromatic rings. The monoisotopic (exact) mass is 274 g/mol. The maximum Gasteiger partial charge on any atom is 0.269 e. The Labute approximate surface area is 115 Å². The number of hydrogen-bond donors (Lipinski definition) is 0. The van der Waals surface area contributed by atoms with Gasteiger partial charge in [-0.2, -0.15) is 0 Å². The third-order valence-corrected chi connectivity index (χ3v) is 2.93. The highest BCUT2D eigenvalue weighted by atomic mass is 35.5. The summed E-state index contributed by atoms with van der Waals surface area (Å²) < 4.78 is 0. The normalized spacial score (nSPS) is 10.8. The molecule has 0 atom stereocenters. The first-order valence-corrected chi connectivity index (χ1v) is 6.02. The van der Waals surface area contributed by atoms with Crippen LogP contribution in [0, 0.1) is 10.1 Å². The number of nitrogens with zero attached hydrogens (tertiary/aromatic N) is 2. The molecule has 2 rings (SSSR count). The van der Waals surface area contributed by atoms with Crippen molar-refractivity contribution in [3.8, 4) is 0 Å². The standard InChI is InChI=1S/C14H11ClN2O2/c15-14-4-2-1-3-12(14)10-16-9-11-5-7-13(8-6-11)17(18)19/h1-9H,10H2. The van der Waals surface area contributed by atoms with Crippen LogP contribution in [0.1, 0.15) is 11.1 Å². The molecule has 0 heterocycles. The van der Waals surface area contributed by atoms with E-state index < -0.39 is 4.92 Å². The molecule has 0 bridgehead atoms. The summed E-state index contributed by atoms with van der Waals surface area (Å²) >= 11 is 6.01. The maximum atomic E-state index is 10.5. The minimum atomic E-state index is -0.426. The number of nitro groups is 1. The molecule has 0 amide bonds. The van der Waals surface area contributed by atoms with Gasteiger partial charge in [-0.15, -0.1) is 0 Å². The van der Waals surface area contributed by atoms with Crippen molar-refractivity contribution < 1.29 is 4.92 Å². The van der Waals surface area contributed by atoms with Crippen molar-refractivity contribution in [1.82, 2.24) is 0 Å². The molecule has 0 N–H and O–H groups in total. The summed E-state index contributed by atoms with van der Waals surface area (Å²) in [6.45, 7) is 0.483. The van der Waals surface area contributed by atoms with Gasteiger partial charge in [0.15, 0.2) is 0 Å². The lowest BCUT2D eigenvalue weighted by atomic mass is 10.2. The summed E-state index contributed by atoms with van der Waals surface area (Å²) in [5, 5.41) is 11.2. The van der Waals surface area contributed by atoms with Crippen molar-refractivity contribution >= 4 is 23.5 Å². The predicted octanol–water partition coefficient (Wildman–Crippen LogP) is 3.87. The van der Waals surface area contributed by atoms with Gasteiger partial charge in [0, 0.05) is 23.4 Å². The molecule has 0 aliphatic heterocycles. The van der Waals surface area contributed by atoms with Gasteiger partial charge in [-0.1, -0.05) is 29.8 Å². The van der Waals surface area contributed by atoms with Crippen molar-refractivity contribution in [1.29, 1.82) is 0 Å². The molecule has 0 spiro atoms. The third-order valence-electron chi connectivity index (χ3n) is 2.56. The number of aliphatic imine (C=N–C) groups is 1. The van der Waals surface area contributed by atoms with Gasteiger partial charge in [0.1, 0.15) is 0 Å². The molecule has 0 radical (unpaired) electrons. The molecule has 5 heteroatoms. The fraction of sp³-hybridized carbons (Fsp3) is 0.0714. The van der Waals surface area contributed by atoms with Gasteiger partial charge in [0.05, 0.1) is 11.5 Å². The first-order chi connectivity index (χ1) is 9.16. The summed E-state index contributed by atoms with van der Waals surface area (Å²) in [7, 11) is 0. The first kappa shape index (κ1) is 13.2. The van der Waals surface area contributed by atoms with Gasteiger partial charge >= 0.3 is 0 Å². The SMILES string of the molecule is O=[N+]([O-])c1ccc(C=NCc2ccccc2Cl)cc1. The lowest BCUT2D eigenvalue weighted by Gasteiger charge is -1.99. The van der Waals surface area contributed by atoms with E-state index in [0.29, 0.717) is 11.6 Å². The molecule has 96 valence electrons. The van der Waals surface area contributed by atoms with Crippen LogP contribution in [0.4, 0.5) is 5.69 Å². The Morgan fingerprint density at radius 2 is 1.84 bits per heavy atom. The van der Waals surface area contributed by atoms with Crippen LogP contribution in [0.5, 0.6) is 0 Å². The Balaban J connectivity index is 2.03. The summed E-state index contributed by atoms with van der Waals surface area (Å²) in [5.74, 6) is 0. The largest absolute Gasteiger partial charge is 0.288 e. The molecule has 4 nitrogen and oxygen atoms in total. The van der Waals surface area contributed by atoms with Crippen molar-refractivity contribution in [2.75, 3.05) is 0 Å². The molecule has 19 heavy (non-hydrogen) atoms. The highest BCUT2D eigenvalue weighted by Crippen LogP contribution is 2.16. The lowest BCUT2D eigenvalue weighted by molar-refractivity contribution is -0.384. The second-order valence-corrected chi connectivity index (χ2v) is 4.32. The maximum absolute atomic E-state index is 10.5. The Hall–Kier alpha value is -2.20. The van der Waals surface area contributed by atoms with Crippen LogP contribution in [0.3, 0.4) is 0 Å². The molecule has 0 aromatic heterocycles. The molecule has 0 fully saturated rings. The topological polar surface area (TPSA) is 55.5 Å². The fourth-order valence-electron chi connectivity index (χ4n) is 1.56. The fourth-order valence-corrected chi connectivity index (χ4v) is 1.75. The van der Waals surface area contributed by atoms with Crippen molar-refractivity contribution in [3.63, 3.8) is 0 Å². The van der Waals surface area contributed by atoms with E-state index in [2.05, 4.69) is 4.99 Å². The van der Waals surface area contributed by atoms with E-state index in [0.717, 1.165) is 11.1 Å². The highest BCUT2D eigenvalue weighted by molar-refractivity contribution is 6.31. The summed E-state index contributed by atoms with van der Waals surface area (Å²) in [5.41, 5.74) is 1.84. The smallest absolute Gasteiger partial charge is 0.269 e. The predicted molar refractivity (Wildman–Crippen MR) is 75.8 cm³/mol. The van der Waals surface area contributed by atoms with E-state index in [4.69, 9.17) is 11.6 Å². The molecule has 0 saturated heterocycles. The number of nitro benzene ring substituents is 1. The van der Waals surface area contributed by atoms with E-state index in [1.54, 1.807) is 18.3 Å². The molecule has 2 aromatic carbocycles. The second-order valence-electron chi connectivity index (χ2n) is 3.91. The van der Waals surface area contributed by atoms with Crippen LogP contribution in [0.2, 0.25) is 5.02 Å². The number of rotatable bonds is 4. The highest BCUT2D eigenvalue weighted by Gasteiger charge is 2.02. The van der Waals surface area contributed by atoms with Gasteiger partial charge in [0.2, 0.25) is 0 Å². The van der Waals surface area contributed by atoms with Crippen LogP contribution < -0.4 is 0 Å². The lowest BCUT2D eigenvalue weighted by Crippen LogP contribution is -1.89. The van der Waals surface area contributed by atoms with Gasteiger partial charge < -0.3 is 0 Å². The summed E-state index contributed by atoms with van der Waals surface area (Å²) in [4.78, 5) is 14.3. The van der Waals surface area contributed by atoms with Crippen LogP contribution in [0.25, 0.3) is 0 Å². The zero-order valence-corrected chi connectivity index (χ0v) is 10.7. The number of hydrogen-bond acceptors (Lipinski definition) is 3. The van der Waals surface area contributed by atoms with Gasteiger partial charge in [-0.25, -0.2) is 0 Å². The molecule has 0 aliphatic carbocycles. The second kappa shape index (κ2) is 6.11. The van der Waals surface area contributed by atoms with E-state index >= 15 is 0 Å². The molecule has 0 aliphatic rings. The Morgan fingerprint density at radius 3 is 2.47 bits per heavy atom. The molecule has 0 unspecified atom stereocenters. The Kier molecular flexibility index (Phi) is 4.26. The minimum Gasteiger partial charge on any atom is -0.288 e. The van der Waals surface area contributed by atoms with Gasteiger partial charge in [0.25, 0.3) is 5.69 Å². The quantitative estimate of drug-likeness (QED) is 0.483. The number of benzene rings is 2. The number of halogens is 1. The molecule has 0 saturated carbocycles. The summed E-state index contributed by atoms with van der Waals surface area (Å²) in [6.07, 6.45) is 1.67. The van der Waals surface area contributed by atoms with Crippen LogP contribution in [-0.4, -0.2) is 11.1 Å². The Bertz CT molecular complexity index is 609. The van der Waals surface area contributed by atoms with E-state index in [1.165, 1.54) is 12.1 Å². The average molecular weight is 275 g/mol. The van der Waals surface area contributed by atoms with Crippen molar-refractivity contribution in [2.45, 2.75) is 6.54 Å². The van der Waals surface area contributed by atoms with Crippen LogP contribution in [-0.2, 0) is 6.54 Å². The van der Waals surface area contributed by atoms with E-state index in [9.17, 15) is 10.1 Å². The average Bonchev–Trinajstić information content (AvgIpc) is 2.41. The Morgan fingerprint density at radius 1 is 1.16 bits per heavy atom. The van der Waals surface area contributed by atoms with Crippen LogP contribution >= 0.6 is 11.6 Å².